The van der Waals surface area contributed by atoms with Crippen molar-refractivity contribution in [2.45, 2.75) is 13.0 Å². The summed E-state index contributed by atoms with van der Waals surface area (Å²) in [5.74, 6) is -0.671. The minimum atomic E-state index is -1.04. The monoisotopic (exact) mass is 301 g/mol. The number of amides is 1. The van der Waals surface area contributed by atoms with Crippen LogP contribution in [0, 0.1) is 0 Å². The summed E-state index contributed by atoms with van der Waals surface area (Å²) in [5, 5.41) is 15.5. The summed E-state index contributed by atoms with van der Waals surface area (Å²) < 4.78 is 5.05. The van der Waals surface area contributed by atoms with Gasteiger partial charge in [0, 0.05) is 36.3 Å². The van der Waals surface area contributed by atoms with E-state index in [1.807, 2.05) is 0 Å². The van der Waals surface area contributed by atoms with Gasteiger partial charge in [0.15, 0.2) is 6.61 Å². The van der Waals surface area contributed by atoms with E-state index < -0.39 is 12.6 Å². The van der Waals surface area contributed by atoms with Crippen molar-refractivity contribution in [2.75, 3.05) is 13.2 Å². The zero-order chi connectivity index (χ0) is 15.5. The summed E-state index contributed by atoms with van der Waals surface area (Å²) >= 11 is 0. The number of H-pyrrole nitrogens is 1. The molecule has 1 aromatic heterocycles. The molecular formula is C15H15N3O4. The number of benzene rings is 1. The number of fused-ring (bicyclic) bond motifs is 1. The van der Waals surface area contributed by atoms with Crippen molar-refractivity contribution in [3.63, 3.8) is 0 Å². The van der Waals surface area contributed by atoms with E-state index in [-0.39, 0.29) is 5.91 Å². The Balaban J connectivity index is 1.66. The van der Waals surface area contributed by atoms with Crippen molar-refractivity contribution >= 4 is 11.9 Å². The number of ether oxygens (including phenoxy) is 1. The molecule has 3 rings (SSSR count). The van der Waals surface area contributed by atoms with E-state index >= 15 is 0 Å². The van der Waals surface area contributed by atoms with E-state index in [9.17, 15) is 9.59 Å². The highest BCUT2D eigenvalue weighted by molar-refractivity contribution is 5.94. The van der Waals surface area contributed by atoms with Gasteiger partial charge in [0.25, 0.3) is 5.91 Å². The zero-order valence-corrected chi connectivity index (χ0v) is 11.8. The van der Waals surface area contributed by atoms with Crippen LogP contribution in [0.25, 0.3) is 0 Å². The number of aliphatic carboxylic acids is 1. The van der Waals surface area contributed by atoms with E-state index in [1.54, 1.807) is 35.4 Å². The Kier molecular flexibility index (Phi) is 3.78. The standard InChI is InChI=1S/C15H15N3O4/c19-14(20)9-22-12-3-1-10(2-4-12)15(21)18-6-5-13-11(8-18)7-16-17-13/h1-4,7H,5-6,8-9H2,(H,16,17)(H,19,20). The highest BCUT2D eigenvalue weighted by Crippen LogP contribution is 2.19. The second-order valence-electron chi connectivity index (χ2n) is 5.06. The fourth-order valence-electron chi connectivity index (χ4n) is 2.42. The average Bonchev–Trinajstić information content (AvgIpc) is 3.00. The number of carbonyl (C=O) groups excluding carboxylic acids is 1. The van der Waals surface area contributed by atoms with Crippen molar-refractivity contribution in [1.29, 1.82) is 0 Å². The smallest absolute Gasteiger partial charge is 0.341 e. The Morgan fingerprint density at radius 2 is 2.09 bits per heavy atom. The molecule has 7 heteroatoms. The normalized spacial score (nSPS) is 13.5. The lowest BCUT2D eigenvalue weighted by Crippen LogP contribution is -2.35. The van der Waals surface area contributed by atoms with Crippen LogP contribution in [0.2, 0.25) is 0 Å². The Hall–Kier alpha value is -2.83. The average molecular weight is 301 g/mol. The van der Waals surface area contributed by atoms with Gasteiger partial charge in [0.1, 0.15) is 5.75 Å². The molecule has 0 bridgehead atoms. The summed E-state index contributed by atoms with van der Waals surface area (Å²) in [7, 11) is 0. The molecule has 0 unspecified atom stereocenters. The molecule has 0 fully saturated rings. The Bertz CT molecular complexity index is 693. The molecule has 0 atom stereocenters. The van der Waals surface area contributed by atoms with E-state index in [1.165, 1.54) is 0 Å². The molecule has 1 aliphatic heterocycles. The molecule has 0 radical (unpaired) electrons. The molecule has 0 saturated carbocycles. The second-order valence-corrected chi connectivity index (χ2v) is 5.06. The zero-order valence-electron chi connectivity index (χ0n) is 11.8. The summed E-state index contributed by atoms with van der Waals surface area (Å²) in [4.78, 5) is 24.7. The second kappa shape index (κ2) is 5.88. The van der Waals surface area contributed by atoms with Crippen molar-refractivity contribution < 1.29 is 19.4 Å². The first-order valence-corrected chi connectivity index (χ1v) is 6.88. The largest absolute Gasteiger partial charge is 0.482 e. The Labute approximate surface area is 126 Å². The number of hydrogen-bond donors (Lipinski definition) is 2. The van der Waals surface area contributed by atoms with E-state index in [4.69, 9.17) is 9.84 Å². The van der Waals surface area contributed by atoms with Gasteiger partial charge in [-0.25, -0.2) is 4.79 Å². The van der Waals surface area contributed by atoms with Crippen LogP contribution >= 0.6 is 0 Å². The number of hydrogen-bond acceptors (Lipinski definition) is 4. The topological polar surface area (TPSA) is 95.5 Å². The van der Waals surface area contributed by atoms with Crippen molar-refractivity contribution in [3.05, 3.63) is 47.3 Å². The molecule has 0 aliphatic carbocycles. The summed E-state index contributed by atoms with van der Waals surface area (Å²) in [6, 6.07) is 6.49. The minimum absolute atomic E-state index is 0.0587. The predicted molar refractivity (Wildman–Crippen MR) is 76.6 cm³/mol. The van der Waals surface area contributed by atoms with Crippen LogP contribution in [0.1, 0.15) is 21.6 Å². The number of aromatic amines is 1. The maximum Gasteiger partial charge on any atom is 0.341 e. The number of nitrogens with one attached hydrogen (secondary N) is 1. The van der Waals surface area contributed by atoms with Gasteiger partial charge in [0.2, 0.25) is 0 Å². The van der Waals surface area contributed by atoms with E-state index in [2.05, 4.69) is 10.2 Å². The number of nitrogens with zero attached hydrogens (tertiary/aromatic N) is 2. The lowest BCUT2D eigenvalue weighted by molar-refractivity contribution is -0.139. The molecule has 1 amide bonds. The van der Waals surface area contributed by atoms with Gasteiger partial charge < -0.3 is 14.7 Å². The predicted octanol–water partition coefficient (Wildman–Crippen LogP) is 1.07. The fraction of sp³-hybridized carbons (Fsp3) is 0.267. The molecular weight excluding hydrogens is 286 g/mol. The highest BCUT2D eigenvalue weighted by atomic mass is 16.5. The molecule has 114 valence electrons. The maximum atomic E-state index is 12.5. The van der Waals surface area contributed by atoms with Gasteiger partial charge in [-0.05, 0) is 24.3 Å². The van der Waals surface area contributed by atoms with Crippen molar-refractivity contribution in [1.82, 2.24) is 15.1 Å². The molecule has 0 spiro atoms. The van der Waals surface area contributed by atoms with E-state index in [0.29, 0.717) is 24.4 Å². The minimum Gasteiger partial charge on any atom is -0.482 e. The first-order valence-electron chi connectivity index (χ1n) is 6.88. The third kappa shape index (κ3) is 2.93. The van der Waals surface area contributed by atoms with Crippen LogP contribution in [-0.2, 0) is 17.8 Å². The van der Waals surface area contributed by atoms with E-state index in [0.717, 1.165) is 17.7 Å². The third-order valence-electron chi connectivity index (χ3n) is 3.55. The summed E-state index contributed by atoms with van der Waals surface area (Å²) in [5.41, 5.74) is 2.68. The molecule has 2 heterocycles. The van der Waals surface area contributed by atoms with Crippen LogP contribution in [0.15, 0.2) is 30.5 Å². The van der Waals surface area contributed by atoms with Gasteiger partial charge in [-0.2, -0.15) is 5.10 Å². The third-order valence-corrected chi connectivity index (χ3v) is 3.55. The van der Waals surface area contributed by atoms with Gasteiger partial charge >= 0.3 is 5.97 Å². The van der Waals surface area contributed by atoms with Crippen molar-refractivity contribution in [2.24, 2.45) is 0 Å². The lowest BCUT2D eigenvalue weighted by Gasteiger charge is -2.26. The number of carboxylic acids is 1. The van der Waals surface area contributed by atoms with Gasteiger partial charge in [-0.1, -0.05) is 0 Å². The molecule has 2 N–H and O–H groups in total. The van der Waals surface area contributed by atoms with Crippen LogP contribution in [0.4, 0.5) is 0 Å². The van der Waals surface area contributed by atoms with Gasteiger partial charge in [-0.15, -0.1) is 0 Å². The molecule has 1 aliphatic rings. The lowest BCUT2D eigenvalue weighted by atomic mass is 10.1. The SMILES string of the molecule is O=C(O)COc1ccc(C(=O)N2CCc3[nH]ncc3C2)cc1. The molecule has 0 saturated heterocycles. The van der Waals surface area contributed by atoms with Crippen LogP contribution in [0.3, 0.4) is 0 Å². The molecule has 2 aromatic rings. The Morgan fingerprint density at radius 1 is 1.32 bits per heavy atom. The van der Waals surface area contributed by atoms with Crippen LogP contribution in [0.5, 0.6) is 5.75 Å². The molecule has 22 heavy (non-hydrogen) atoms. The molecule has 7 nitrogen and oxygen atoms in total. The quantitative estimate of drug-likeness (QED) is 0.880. The summed E-state index contributed by atoms with van der Waals surface area (Å²) in [6.07, 6.45) is 2.51. The fourth-order valence-corrected chi connectivity index (χ4v) is 2.42. The first-order chi connectivity index (χ1) is 10.6. The number of carboxylic acid groups (broad SMARTS) is 1. The van der Waals surface area contributed by atoms with Crippen LogP contribution in [-0.4, -0.2) is 45.2 Å². The van der Waals surface area contributed by atoms with Gasteiger partial charge in [0.05, 0.1) is 6.20 Å². The van der Waals surface area contributed by atoms with Crippen molar-refractivity contribution in [3.8, 4) is 5.75 Å². The maximum absolute atomic E-state index is 12.5. The number of aromatic nitrogens is 2. The van der Waals surface area contributed by atoms with Crippen LogP contribution < -0.4 is 4.74 Å². The Morgan fingerprint density at radius 3 is 2.82 bits per heavy atom. The summed E-state index contributed by atoms with van der Waals surface area (Å²) in [6.45, 7) is 0.788. The highest BCUT2D eigenvalue weighted by Gasteiger charge is 2.22. The molecule has 1 aromatic carbocycles. The number of carbonyl (C=O) groups is 2. The first kappa shape index (κ1) is 14.1. The van der Waals surface area contributed by atoms with Gasteiger partial charge in [-0.3, -0.25) is 9.89 Å². The number of rotatable bonds is 4.